The van der Waals surface area contributed by atoms with Gasteiger partial charge in [0.15, 0.2) is 0 Å². The molecule has 0 bridgehead atoms. The zero-order valence-corrected chi connectivity index (χ0v) is 13.4. The number of benzene rings is 2. The Labute approximate surface area is 143 Å². The Kier molecular flexibility index (Phi) is 3.54. The maximum atomic E-state index is 12.3. The van der Waals surface area contributed by atoms with Gasteiger partial charge in [0.1, 0.15) is 5.69 Å². The predicted molar refractivity (Wildman–Crippen MR) is 93.0 cm³/mol. The first-order valence-corrected chi connectivity index (χ1v) is 7.78. The summed E-state index contributed by atoms with van der Waals surface area (Å²) in [5.41, 5.74) is 2.33. The monoisotopic (exact) mass is 330 g/mol. The molecule has 0 radical (unpaired) electrons. The van der Waals surface area contributed by atoms with Gasteiger partial charge < -0.3 is 9.52 Å². The number of aromatic nitrogens is 1. The molecule has 1 N–H and O–H groups in total. The molecule has 2 heterocycles. The molecule has 122 valence electrons. The number of nitrogens with zero attached hydrogens (tertiary/aromatic N) is 2. The minimum atomic E-state index is -0.373. The summed E-state index contributed by atoms with van der Waals surface area (Å²) in [6.07, 6.45) is 3.22. The number of carbonyl (C=O) groups is 1. The van der Waals surface area contributed by atoms with Crippen LogP contribution in [-0.4, -0.2) is 16.0 Å². The third-order valence-electron chi connectivity index (χ3n) is 3.91. The standard InChI is InChI=1S/C20H14N2O3/c1-12-7-8-14-10-15(18(23)21-16(14)9-12)11-17-20(24)25-19(22-17)13-5-3-2-4-6-13/h2-11,24H,1H3/b15-11+. The van der Waals surface area contributed by atoms with Crippen LogP contribution in [0.1, 0.15) is 11.3 Å². The number of hydrogen-bond acceptors (Lipinski definition) is 4. The number of amides is 1. The molecule has 5 nitrogen and oxygen atoms in total. The van der Waals surface area contributed by atoms with Gasteiger partial charge in [0.25, 0.3) is 5.91 Å². The van der Waals surface area contributed by atoms with E-state index in [1.807, 2.05) is 55.5 Å². The molecule has 4 rings (SSSR count). The second kappa shape index (κ2) is 5.87. The van der Waals surface area contributed by atoms with Crippen LogP contribution in [0.2, 0.25) is 0 Å². The third-order valence-corrected chi connectivity index (χ3v) is 3.91. The van der Waals surface area contributed by atoms with E-state index in [9.17, 15) is 9.90 Å². The smallest absolute Gasteiger partial charge is 0.310 e. The Morgan fingerprint density at radius 2 is 1.92 bits per heavy atom. The summed E-state index contributed by atoms with van der Waals surface area (Å²) in [6.45, 7) is 1.95. The summed E-state index contributed by atoms with van der Waals surface area (Å²) < 4.78 is 5.31. The minimum absolute atomic E-state index is 0.198. The van der Waals surface area contributed by atoms with Crippen LogP contribution in [0.5, 0.6) is 5.95 Å². The van der Waals surface area contributed by atoms with Crippen LogP contribution in [0.4, 0.5) is 0 Å². The van der Waals surface area contributed by atoms with Gasteiger partial charge in [-0.2, -0.15) is 0 Å². The van der Waals surface area contributed by atoms with E-state index in [0.29, 0.717) is 16.8 Å². The number of oxazole rings is 1. The van der Waals surface area contributed by atoms with Gasteiger partial charge in [-0.05, 0) is 42.8 Å². The van der Waals surface area contributed by atoms with Crippen molar-refractivity contribution in [1.82, 2.24) is 4.98 Å². The highest BCUT2D eigenvalue weighted by atomic mass is 16.5. The van der Waals surface area contributed by atoms with Crippen LogP contribution in [0.25, 0.3) is 23.6 Å². The van der Waals surface area contributed by atoms with Gasteiger partial charge in [0, 0.05) is 16.4 Å². The van der Waals surface area contributed by atoms with Gasteiger partial charge in [0.05, 0.1) is 5.36 Å². The fraction of sp³-hybridized carbons (Fsp3) is 0.0500. The van der Waals surface area contributed by atoms with Crippen molar-refractivity contribution >= 4 is 18.1 Å². The van der Waals surface area contributed by atoms with Crippen molar-refractivity contribution in [2.24, 2.45) is 4.99 Å². The third kappa shape index (κ3) is 2.87. The first kappa shape index (κ1) is 15.1. The molecule has 1 aliphatic heterocycles. The second-order valence-corrected chi connectivity index (χ2v) is 5.80. The maximum Gasteiger partial charge on any atom is 0.310 e. The van der Waals surface area contributed by atoms with E-state index >= 15 is 0 Å². The van der Waals surface area contributed by atoms with Crippen LogP contribution >= 0.6 is 0 Å². The number of aromatic hydroxyl groups is 1. The highest BCUT2D eigenvalue weighted by Crippen LogP contribution is 2.28. The molecule has 5 heteroatoms. The van der Waals surface area contributed by atoms with Gasteiger partial charge in [-0.1, -0.05) is 30.3 Å². The van der Waals surface area contributed by atoms with Crippen LogP contribution < -0.4 is 10.6 Å². The van der Waals surface area contributed by atoms with E-state index in [4.69, 9.17) is 4.42 Å². The van der Waals surface area contributed by atoms with Crippen LogP contribution in [0, 0.1) is 6.92 Å². The normalized spacial score (nSPS) is 14.8. The molecular formula is C20H14N2O3. The van der Waals surface area contributed by atoms with Gasteiger partial charge in [-0.3, -0.25) is 4.79 Å². The van der Waals surface area contributed by atoms with Crippen LogP contribution in [-0.2, 0) is 4.79 Å². The fourth-order valence-electron chi connectivity index (χ4n) is 2.65. The van der Waals surface area contributed by atoms with Crippen molar-refractivity contribution in [2.45, 2.75) is 6.92 Å². The number of fused-ring (bicyclic) bond motifs is 1. The van der Waals surface area contributed by atoms with Crippen molar-refractivity contribution in [3.05, 3.63) is 75.9 Å². The summed E-state index contributed by atoms with van der Waals surface area (Å²) in [4.78, 5) is 20.6. The molecule has 25 heavy (non-hydrogen) atoms. The fourth-order valence-corrected chi connectivity index (χ4v) is 2.65. The molecular weight excluding hydrogens is 316 g/mol. The number of hydrogen-bond donors (Lipinski definition) is 1. The molecule has 0 saturated heterocycles. The van der Waals surface area contributed by atoms with E-state index in [2.05, 4.69) is 9.98 Å². The lowest BCUT2D eigenvalue weighted by Gasteiger charge is -2.03. The van der Waals surface area contributed by atoms with Crippen molar-refractivity contribution in [2.75, 3.05) is 0 Å². The summed E-state index contributed by atoms with van der Waals surface area (Å²) in [5.74, 6) is -0.412. The average Bonchev–Trinajstić information content (AvgIpc) is 2.97. The summed E-state index contributed by atoms with van der Waals surface area (Å²) >= 11 is 0. The van der Waals surface area contributed by atoms with Crippen LogP contribution in [0.3, 0.4) is 0 Å². The first-order valence-electron chi connectivity index (χ1n) is 7.78. The SMILES string of the molecule is Cc1ccc2c(c1)=NC(=O)/C(=C/c1nc(-c3ccccc3)oc1O)C=2. The van der Waals surface area contributed by atoms with Gasteiger partial charge in [-0.25, -0.2) is 9.98 Å². The summed E-state index contributed by atoms with van der Waals surface area (Å²) in [5, 5.41) is 11.5. The van der Waals surface area contributed by atoms with Crippen molar-refractivity contribution in [3.8, 4) is 17.4 Å². The predicted octanol–water partition coefficient (Wildman–Crippen LogP) is 2.38. The maximum absolute atomic E-state index is 12.3. The quantitative estimate of drug-likeness (QED) is 0.732. The highest BCUT2D eigenvalue weighted by Gasteiger charge is 2.16. The van der Waals surface area contributed by atoms with Gasteiger partial charge in [0.2, 0.25) is 5.89 Å². The highest BCUT2D eigenvalue weighted by molar-refractivity contribution is 6.07. The van der Waals surface area contributed by atoms with Gasteiger partial charge in [-0.15, -0.1) is 0 Å². The Balaban J connectivity index is 1.78. The second-order valence-electron chi connectivity index (χ2n) is 5.80. The number of aryl methyl sites for hydroxylation is 1. The Hall–Kier alpha value is -3.47. The van der Waals surface area contributed by atoms with Crippen LogP contribution in [0.15, 0.2) is 63.5 Å². The van der Waals surface area contributed by atoms with E-state index in [1.54, 1.807) is 6.08 Å². The first-order chi connectivity index (χ1) is 12.1. The zero-order valence-electron chi connectivity index (χ0n) is 13.4. The van der Waals surface area contributed by atoms with Crippen molar-refractivity contribution < 1.29 is 14.3 Å². The van der Waals surface area contributed by atoms with E-state index < -0.39 is 0 Å². The average molecular weight is 330 g/mol. The lowest BCUT2D eigenvalue weighted by molar-refractivity contribution is -0.114. The molecule has 1 amide bonds. The number of rotatable bonds is 2. The Bertz CT molecular complexity index is 1130. The molecule has 0 fully saturated rings. The van der Waals surface area contributed by atoms with Gasteiger partial charge >= 0.3 is 5.95 Å². The lowest BCUT2D eigenvalue weighted by atomic mass is 10.1. The molecule has 3 aromatic rings. The van der Waals surface area contributed by atoms with Crippen molar-refractivity contribution in [3.63, 3.8) is 0 Å². The molecule has 1 aliphatic rings. The lowest BCUT2D eigenvalue weighted by Crippen LogP contribution is -2.30. The summed E-state index contributed by atoms with van der Waals surface area (Å²) in [7, 11) is 0. The molecule has 2 aromatic carbocycles. The molecule has 1 aromatic heterocycles. The molecule has 0 aliphatic carbocycles. The molecule has 0 spiro atoms. The van der Waals surface area contributed by atoms with Crippen molar-refractivity contribution in [1.29, 1.82) is 0 Å². The largest absolute Gasteiger partial charge is 0.479 e. The summed E-state index contributed by atoms with van der Waals surface area (Å²) in [6, 6.07) is 15.0. The topological polar surface area (TPSA) is 75.7 Å². The Morgan fingerprint density at radius 1 is 1.12 bits per heavy atom. The minimum Gasteiger partial charge on any atom is -0.479 e. The molecule has 0 atom stereocenters. The molecule has 0 unspecified atom stereocenters. The Morgan fingerprint density at radius 3 is 2.72 bits per heavy atom. The van der Waals surface area contributed by atoms with E-state index in [0.717, 1.165) is 16.3 Å². The molecule has 0 saturated carbocycles. The number of carbonyl (C=O) groups excluding carboxylic acids is 1. The van der Waals surface area contributed by atoms with E-state index in [1.165, 1.54) is 6.08 Å². The zero-order chi connectivity index (χ0) is 17.4. The van der Waals surface area contributed by atoms with E-state index in [-0.39, 0.29) is 17.5 Å².